The molecule has 0 aromatic heterocycles. The lowest BCUT2D eigenvalue weighted by atomic mass is 9.75. The van der Waals surface area contributed by atoms with Crippen LogP contribution in [0.4, 0.5) is 4.39 Å². The van der Waals surface area contributed by atoms with Gasteiger partial charge in [0, 0.05) is 16.5 Å². The molecule has 1 unspecified atom stereocenters. The van der Waals surface area contributed by atoms with E-state index in [1.807, 2.05) is 25.1 Å². The Hall–Kier alpha value is -1.38. The van der Waals surface area contributed by atoms with Gasteiger partial charge in [0.1, 0.15) is 5.82 Å². The highest BCUT2D eigenvalue weighted by molar-refractivity contribution is 6.31. The summed E-state index contributed by atoms with van der Waals surface area (Å²) >= 11 is 6.31. The van der Waals surface area contributed by atoms with E-state index >= 15 is 0 Å². The van der Waals surface area contributed by atoms with Gasteiger partial charge in [-0.1, -0.05) is 62.7 Å². The quantitative estimate of drug-likeness (QED) is 0.809. The standard InChI is InChI=1S/C18H21ClFN/c1-4-21-17(15-12-14(20)10-11-16(15)19)18(2,3)13-8-6-5-7-9-13/h5-12,17,21H,4H2,1-3H3. The molecule has 112 valence electrons. The molecular weight excluding hydrogens is 285 g/mol. The van der Waals surface area contributed by atoms with Gasteiger partial charge in [-0.05, 0) is 35.9 Å². The van der Waals surface area contributed by atoms with E-state index in [1.165, 1.54) is 17.7 Å². The number of likely N-dealkylation sites (N-methyl/N-ethyl adjacent to an activating group) is 1. The largest absolute Gasteiger partial charge is 0.309 e. The Balaban J connectivity index is 2.50. The van der Waals surface area contributed by atoms with Crippen LogP contribution >= 0.6 is 11.6 Å². The highest BCUT2D eigenvalue weighted by Crippen LogP contribution is 2.39. The Morgan fingerprint density at radius 2 is 1.81 bits per heavy atom. The molecule has 0 fully saturated rings. The number of benzene rings is 2. The zero-order chi connectivity index (χ0) is 15.5. The molecule has 2 rings (SSSR count). The molecule has 0 aliphatic rings. The van der Waals surface area contributed by atoms with Gasteiger partial charge in [-0.2, -0.15) is 0 Å². The molecule has 0 amide bonds. The number of hydrogen-bond donors (Lipinski definition) is 1. The van der Waals surface area contributed by atoms with Crippen LogP contribution in [0.1, 0.15) is 37.9 Å². The summed E-state index contributed by atoms with van der Waals surface area (Å²) in [5, 5.41) is 4.04. The molecule has 0 spiro atoms. The first-order chi connectivity index (χ1) is 9.96. The van der Waals surface area contributed by atoms with Crippen LogP contribution in [-0.4, -0.2) is 6.54 Å². The number of halogens is 2. The van der Waals surface area contributed by atoms with E-state index in [9.17, 15) is 4.39 Å². The third-order valence-corrected chi connectivity index (χ3v) is 4.26. The van der Waals surface area contributed by atoms with Crippen LogP contribution in [0.15, 0.2) is 48.5 Å². The van der Waals surface area contributed by atoms with Crippen LogP contribution < -0.4 is 5.32 Å². The highest BCUT2D eigenvalue weighted by atomic mass is 35.5. The van der Waals surface area contributed by atoms with Gasteiger partial charge in [0.15, 0.2) is 0 Å². The predicted octanol–water partition coefficient (Wildman–Crippen LogP) is 5.11. The van der Waals surface area contributed by atoms with E-state index in [0.29, 0.717) is 5.02 Å². The van der Waals surface area contributed by atoms with Gasteiger partial charge in [-0.3, -0.25) is 0 Å². The lowest BCUT2D eigenvalue weighted by Gasteiger charge is -2.36. The molecule has 1 atom stereocenters. The van der Waals surface area contributed by atoms with Crippen molar-refractivity contribution in [3.8, 4) is 0 Å². The molecule has 0 saturated heterocycles. The van der Waals surface area contributed by atoms with Crippen molar-refractivity contribution in [3.05, 3.63) is 70.5 Å². The summed E-state index contributed by atoms with van der Waals surface area (Å²) in [6.45, 7) is 7.13. The van der Waals surface area contributed by atoms with Gasteiger partial charge in [-0.25, -0.2) is 4.39 Å². The van der Waals surface area contributed by atoms with Crippen molar-refractivity contribution in [3.63, 3.8) is 0 Å². The fraction of sp³-hybridized carbons (Fsp3) is 0.333. The first-order valence-corrected chi connectivity index (χ1v) is 7.58. The average molecular weight is 306 g/mol. The van der Waals surface area contributed by atoms with Gasteiger partial charge < -0.3 is 5.32 Å². The van der Waals surface area contributed by atoms with Gasteiger partial charge in [0.05, 0.1) is 0 Å². The number of nitrogens with one attached hydrogen (secondary N) is 1. The Morgan fingerprint density at radius 1 is 1.14 bits per heavy atom. The van der Waals surface area contributed by atoms with Crippen LogP contribution in [0.25, 0.3) is 0 Å². The van der Waals surface area contributed by atoms with Crippen LogP contribution in [-0.2, 0) is 5.41 Å². The van der Waals surface area contributed by atoms with Crippen molar-refractivity contribution in [1.82, 2.24) is 5.32 Å². The van der Waals surface area contributed by atoms with Crippen LogP contribution in [0, 0.1) is 5.82 Å². The van der Waals surface area contributed by atoms with Gasteiger partial charge in [0.25, 0.3) is 0 Å². The summed E-state index contributed by atoms with van der Waals surface area (Å²) in [5.74, 6) is -0.263. The van der Waals surface area contributed by atoms with E-state index in [2.05, 4.69) is 31.3 Å². The first-order valence-electron chi connectivity index (χ1n) is 7.20. The zero-order valence-corrected chi connectivity index (χ0v) is 13.4. The minimum atomic E-state index is -0.263. The maximum Gasteiger partial charge on any atom is 0.123 e. The monoisotopic (exact) mass is 305 g/mol. The Morgan fingerprint density at radius 3 is 2.43 bits per heavy atom. The molecule has 2 aromatic rings. The summed E-state index contributed by atoms with van der Waals surface area (Å²) in [5.41, 5.74) is 1.78. The van der Waals surface area contributed by atoms with Crippen molar-refractivity contribution in [2.45, 2.75) is 32.2 Å². The summed E-state index contributed by atoms with van der Waals surface area (Å²) in [7, 11) is 0. The molecule has 0 aliphatic heterocycles. The second-order valence-electron chi connectivity index (χ2n) is 5.74. The molecule has 0 heterocycles. The van der Waals surface area contributed by atoms with Crippen molar-refractivity contribution < 1.29 is 4.39 Å². The third-order valence-electron chi connectivity index (χ3n) is 3.92. The maximum absolute atomic E-state index is 13.7. The van der Waals surface area contributed by atoms with Crippen LogP contribution in [0.3, 0.4) is 0 Å². The molecule has 0 saturated carbocycles. The Bertz CT molecular complexity index is 595. The molecule has 21 heavy (non-hydrogen) atoms. The van der Waals surface area contributed by atoms with E-state index in [4.69, 9.17) is 11.6 Å². The average Bonchev–Trinajstić information content (AvgIpc) is 2.48. The number of hydrogen-bond acceptors (Lipinski definition) is 1. The minimum absolute atomic E-state index is 0.0619. The summed E-state index contributed by atoms with van der Waals surface area (Å²) in [6, 6.07) is 14.7. The van der Waals surface area contributed by atoms with Crippen LogP contribution in [0.5, 0.6) is 0 Å². The molecule has 1 nitrogen and oxygen atoms in total. The Labute approximate surface area is 131 Å². The van der Waals surface area contributed by atoms with E-state index in [1.54, 1.807) is 6.07 Å². The summed E-state index contributed by atoms with van der Waals surface area (Å²) in [6.07, 6.45) is 0. The number of rotatable bonds is 5. The van der Waals surface area contributed by atoms with Crippen molar-refractivity contribution in [1.29, 1.82) is 0 Å². The van der Waals surface area contributed by atoms with E-state index in [-0.39, 0.29) is 17.3 Å². The van der Waals surface area contributed by atoms with Gasteiger partial charge in [-0.15, -0.1) is 0 Å². The summed E-state index contributed by atoms with van der Waals surface area (Å²) in [4.78, 5) is 0. The maximum atomic E-state index is 13.7. The van der Waals surface area contributed by atoms with Crippen molar-refractivity contribution in [2.75, 3.05) is 6.54 Å². The molecule has 0 bridgehead atoms. The van der Waals surface area contributed by atoms with Gasteiger partial charge >= 0.3 is 0 Å². The fourth-order valence-electron chi connectivity index (χ4n) is 2.73. The molecular formula is C18H21ClFN. The van der Waals surface area contributed by atoms with Crippen molar-refractivity contribution in [2.24, 2.45) is 0 Å². The Kier molecular flexibility index (Phi) is 5.02. The molecule has 2 aromatic carbocycles. The lowest BCUT2D eigenvalue weighted by Crippen LogP contribution is -2.37. The predicted molar refractivity (Wildman–Crippen MR) is 87.3 cm³/mol. The van der Waals surface area contributed by atoms with Gasteiger partial charge in [0.2, 0.25) is 0 Å². The van der Waals surface area contributed by atoms with Crippen molar-refractivity contribution >= 4 is 11.6 Å². The second kappa shape index (κ2) is 6.59. The SMILES string of the molecule is CCNC(c1cc(F)ccc1Cl)C(C)(C)c1ccccc1. The van der Waals surface area contributed by atoms with E-state index in [0.717, 1.165) is 12.1 Å². The smallest absolute Gasteiger partial charge is 0.123 e. The molecule has 3 heteroatoms. The molecule has 1 N–H and O–H groups in total. The topological polar surface area (TPSA) is 12.0 Å². The fourth-order valence-corrected chi connectivity index (χ4v) is 2.95. The third kappa shape index (κ3) is 3.45. The second-order valence-corrected chi connectivity index (χ2v) is 6.15. The first kappa shape index (κ1) is 16.0. The normalized spacial score (nSPS) is 13.2. The highest BCUT2D eigenvalue weighted by Gasteiger charge is 2.33. The molecule has 0 aliphatic carbocycles. The summed E-state index contributed by atoms with van der Waals surface area (Å²) < 4.78 is 13.7. The minimum Gasteiger partial charge on any atom is -0.309 e. The lowest BCUT2D eigenvalue weighted by molar-refractivity contribution is 0.353. The molecule has 0 radical (unpaired) electrons. The zero-order valence-electron chi connectivity index (χ0n) is 12.7. The van der Waals surface area contributed by atoms with E-state index < -0.39 is 0 Å². The van der Waals surface area contributed by atoms with Crippen LogP contribution in [0.2, 0.25) is 5.02 Å².